The Balaban J connectivity index is 1.84. The first-order valence-corrected chi connectivity index (χ1v) is 8.00. The van der Waals surface area contributed by atoms with Gasteiger partial charge in [0.2, 0.25) is 0 Å². The number of rotatable bonds is 5. The molecule has 1 aromatic carbocycles. The molecule has 0 bridgehead atoms. The van der Waals surface area contributed by atoms with Gasteiger partial charge in [-0.25, -0.2) is 0 Å². The summed E-state index contributed by atoms with van der Waals surface area (Å²) in [5.74, 6) is 2.71. The van der Waals surface area contributed by atoms with Crippen LogP contribution in [0.4, 0.5) is 0 Å². The lowest BCUT2D eigenvalue weighted by molar-refractivity contribution is 0.231. The third kappa shape index (κ3) is 3.99. The number of nitrogens with one attached hydrogen (secondary N) is 1. The molecule has 0 spiro atoms. The van der Waals surface area contributed by atoms with E-state index >= 15 is 0 Å². The molecule has 2 nitrogen and oxygen atoms in total. The first-order chi connectivity index (χ1) is 9.60. The van der Waals surface area contributed by atoms with Gasteiger partial charge in [0.15, 0.2) is 0 Å². The fourth-order valence-electron chi connectivity index (χ4n) is 3.29. The summed E-state index contributed by atoms with van der Waals surface area (Å²) in [7, 11) is 1.71. The Morgan fingerprint density at radius 1 is 1.00 bits per heavy atom. The second kappa shape index (κ2) is 7.12. The Kier molecular flexibility index (Phi) is 5.47. The predicted octanol–water partition coefficient (Wildman–Crippen LogP) is 4.56. The van der Waals surface area contributed by atoms with Gasteiger partial charge < -0.3 is 10.1 Å². The maximum Gasteiger partial charge on any atom is 0.118 e. The fraction of sp³-hybridized carbons (Fsp3) is 0.667. The van der Waals surface area contributed by atoms with Crippen LogP contribution >= 0.6 is 0 Å². The highest BCUT2D eigenvalue weighted by Crippen LogP contribution is 2.31. The summed E-state index contributed by atoms with van der Waals surface area (Å²) >= 11 is 0. The summed E-state index contributed by atoms with van der Waals surface area (Å²) in [6, 6.07) is 9.52. The Morgan fingerprint density at radius 3 is 2.10 bits per heavy atom. The Bertz CT molecular complexity index is 390. The molecule has 0 heterocycles. The largest absolute Gasteiger partial charge is 0.497 e. The maximum absolute atomic E-state index is 5.21. The molecular weight excluding hydrogens is 246 g/mol. The van der Waals surface area contributed by atoms with Crippen LogP contribution in [0.2, 0.25) is 0 Å². The van der Waals surface area contributed by atoms with E-state index in [0.717, 1.165) is 17.6 Å². The van der Waals surface area contributed by atoms with Crippen molar-refractivity contribution in [1.82, 2.24) is 5.32 Å². The minimum Gasteiger partial charge on any atom is -0.497 e. The van der Waals surface area contributed by atoms with Gasteiger partial charge in [-0.15, -0.1) is 0 Å². The Hall–Kier alpha value is -1.02. The predicted molar refractivity (Wildman–Crippen MR) is 85.1 cm³/mol. The Labute approximate surface area is 123 Å². The van der Waals surface area contributed by atoms with Gasteiger partial charge >= 0.3 is 0 Å². The van der Waals surface area contributed by atoms with Crippen LogP contribution in [0.15, 0.2) is 24.3 Å². The smallest absolute Gasteiger partial charge is 0.118 e. The first kappa shape index (κ1) is 15.4. The van der Waals surface area contributed by atoms with E-state index in [1.54, 1.807) is 7.11 Å². The zero-order chi connectivity index (χ0) is 14.5. The number of hydrogen-bond donors (Lipinski definition) is 1. The molecule has 1 aromatic rings. The van der Waals surface area contributed by atoms with Crippen LogP contribution in [0.25, 0.3) is 0 Å². The molecule has 0 radical (unpaired) electrons. The molecule has 1 aliphatic rings. The SMILES string of the molecule is COc1ccc([C@H](C)NC2CCC(C(C)C)CC2)cc1. The lowest BCUT2D eigenvalue weighted by Gasteiger charge is -2.33. The second-order valence-corrected chi connectivity index (χ2v) is 6.52. The third-order valence-corrected chi connectivity index (χ3v) is 4.82. The molecule has 0 unspecified atom stereocenters. The molecule has 1 atom stereocenters. The van der Waals surface area contributed by atoms with Crippen LogP contribution in [0.1, 0.15) is 58.1 Å². The van der Waals surface area contributed by atoms with Gasteiger partial charge in [0, 0.05) is 12.1 Å². The highest BCUT2D eigenvalue weighted by atomic mass is 16.5. The summed E-state index contributed by atoms with van der Waals surface area (Å²) in [6.07, 6.45) is 5.40. The molecular formula is C18H29NO. The first-order valence-electron chi connectivity index (χ1n) is 8.00. The van der Waals surface area contributed by atoms with Crippen molar-refractivity contribution in [2.75, 3.05) is 7.11 Å². The van der Waals surface area contributed by atoms with Crippen molar-refractivity contribution in [2.45, 2.75) is 58.5 Å². The van der Waals surface area contributed by atoms with E-state index in [2.05, 4.69) is 38.2 Å². The van der Waals surface area contributed by atoms with Gasteiger partial charge in [0.1, 0.15) is 5.75 Å². The zero-order valence-corrected chi connectivity index (χ0v) is 13.4. The number of benzene rings is 1. The van der Waals surface area contributed by atoms with Crippen molar-refractivity contribution in [2.24, 2.45) is 11.8 Å². The van der Waals surface area contributed by atoms with E-state index in [0.29, 0.717) is 12.1 Å². The Morgan fingerprint density at radius 2 is 1.60 bits per heavy atom. The fourth-order valence-corrected chi connectivity index (χ4v) is 3.29. The van der Waals surface area contributed by atoms with Crippen molar-refractivity contribution < 1.29 is 4.74 Å². The molecule has 20 heavy (non-hydrogen) atoms. The third-order valence-electron chi connectivity index (χ3n) is 4.82. The van der Waals surface area contributed by atoms with Gasteiger partial charge in [-0.1, -0.05) is 26.0 Å². The molecule has 112 valence electrons. The van der Waals surface area contributed by atoms with Gasteiger partial charge in [-0.3, -0.25) is 0 Å². The summed E-state index contributed by atoms with van der Waals surface area (Å²) in [5.41, 5.74) is 1.34. The molecule has 0 aliphatic heterocycles. The minimum absolute atomic E-state index is 0.418. The number of hydrogen-bond acceptors (Lipinski definition) is 2. The highest BCUT2D eigenvalue weighted by molar-refractivity contribution is 5.28. The molecule has 1 saturated carbocycles. The molecule has 2 heteroatoms. The van der Waals surface area contributed by atoms with E-state index in [-0.39, 0.29) is 0 Å². The van der Waals surface area contributed by atoms with E-state index < -0.39 is 0 Å². The molecule has 1 fully saturated rings. The highest BCUT2D eigenvalue weighted by Gasteiger charge is 2.24. The molecule has 0 amide bonds. The van der Waals surface area contributed by atoms with Crippen molar-refractivity contribution >= 4 is 0 Å². The lowest BCUT2D eigenvalue weighted by Crippen LogP contribution is -2.35. The van der Waals surface area contributed by atoms with Crippen LogP contribution in [0.5, 0.6) is 5.75 Å². The van der Waals surface area contributed by atoms with Crippen molar-refractivity contribution in [3.05, 3.63) is 29.8 Å². The van der Waals surface area contributed by atoms with Gasteiger partial charge in [0.05, 0.1) is 7.11 Å². The summed E-state index contributed by atoms with van der Waals surface area (Å²) in [4.78, 5) is 0. The monoisotopic (exact) mass is 275 g/mol. The average Bonchev–Trinajstić information content (AvgIpc) is 2.48. The van der Waals surface area contributed by atoms with Crippen LogP contribution in [-0.2, 0) is 0 Å². The standard InChI is InChI=1S/C18H29NO/c1-13(2)15-5-9-17(10-6-15)19-14(3)16-7-11-18(20-4)12-8-16/h7-8,11-15,17,19H,5-6,9-10H2,1-4H3/t14-,15?,17?/m0/s1. The number of ether oxygens (including phenoxy) is 1. The van der Waals surface area contributed by atoms with Crippen molar-refractivity contribution in [1.29, 1.82) is 0 Å². The molecule has 2 rings (SSSR count). The summed E-state index contributed by atoms with van der Waals surface area (Å²) in [5, 5.41) is 3.79. The molecule has 1 N–H and O–H groups in total. The van der Waals surface area contributed by atoms with E-state index in [1.165, 1.54) is 31.2 Å². The summed E-state index contributed by atoms with van der Waals surface area (Å²) in [6.45, 7) is 6.98. The van der Waals surface area contributed by atoms with Crippen molar-refractivity contribution in [3.63, 3.8) is 0 Å². The van der Waals surface area contributed by atoms with Crippen LogP contribution in [0, 0.1) is 11.8 Å². The van der Waals surface area contributed by atoms with Gasteiger partial charge in [-0.05, 0) is 62.1 Å². The van der Waals surface area contributed by atoms with Crippen LogP contribution < -0.4 is 10.1 Å². The van der Waals surface area contributed by atoms with Crippen LogP contribution in [0.3, 0.4) is 0 Å². The molecule has 1 aliphatic carbocycles. The topological polar surface area (TPSA) is 21.3 Å². The average molecular weight is 275 g/mol. The van der Waals surface area contributed by atoms with Crippen LogP contribution in [-0.4, -0.2) is 13.2 Å². The maximum atomic E-state index is 5.21. The summed E-state index contributed by atoms with van der Waals surface area (Å²) < 4.78 is 5.21. The van der Waals surface area contributed by atoms with Gasteiger partial charge in [-0.2, -0.15) is 0 Å². The molecule has 0 aromatic heterocycles. The minimum atomic E-state index is 0.418. The number of methoxy groups -OCH3 is 1. The lowest BCUT2D eigenvalue weighted by atomic mass is 9.79. The van der Waals surface area contributed by atoms with E-state index in [9.17, 15) is 0 Å². The van der Waals surface area contributed by atoms with E-state index in [1.807, 2.05) is 12.1 Å². The van der Waals surface area contributed by atoms with E-state index in [4.69, 9.17) is 4.74 Å². The second-order valence-electron chi connectivity index (χ2n) is 6.52. The quantitative estimate of drug-likeness (QED) is 0.850. The van der Waals surface area contributed by atoms with Gasteiger partial charge in [0.25, 0.3) is 0 Å². The normalized spacial score (nSPS) is 24.6. The molecule has 0 saturated heterocycles. The van der Waals surface area contributed by atoms with Crippen molar-refractivity contribution in [3.8, 4) is 5.75 Å². The zero-order valence-electron chi connectivity index (χ0n) is 13.4.